The molecule has 0 bridgehead atoms. The van der Waals surface area contributed by atoms with Gasteiger partial charge in [0.1, 0.15) is 18.1 Å². The number of ether oxygens (including phenoxy) is 1. The first-order valence-electron chi connectivity index (χ1n) is 9.10. The molecule has 0 spiro atoms. The number of phenolic OH excluding ortho intramolecular Hbond substituents is 1. The third kappa shape index (κ3) is 4.97. The van der Waals surface area contributed by atoms with Crippen molar-refractivity contribution in [3.63, 3.8) is 0 Å². The van der Waals surface area contributed by atoms with Gasteiger partial charge in [0.25, 0.3) is 0 Å². The number of rotatable bonds is 7. The van der Waals surface area contributed by atoms with Gasteiger partial charge in [-0.15, -0.1) is 0 Å². The largest absolute Gasteiger partial charge is 0.508 e. The van der Waals surface area contributed by atoms with Gasteiger partial charge in [0.2, 0.25) is 0 Å². The fraction of sp³-hybridized carbons (Fsp3) is 0.429. The first-order valence-corrected chi connectivity index (χ1v) is 9.10. The first-order chi connectivity index (χ1) is 12.3. The van der Waals surface area contributed by atoms with Crippen LogP contribution in [0.5, 0.6) is 11.5 Å². The molecule has 25 heavy (non-hydrogen) atoms. The molecule has 1 aliphatic rings. The Balaban J connectivity index is 1.49. The topological polar surface area (TPSA) is 61.7 Å². The number of hydrogen-bond donors (Lipinski definition) is 3. The number of aromatic hydroxyl groups is 1. The molecular formula is C21H27NO3. The van der Waals surface area contributed by atoms with Gasteiger partial charge in [-0.1, -0.05) is 30.3 Å². The van der Waals surface area contributed by atoms with Crippen LogP contribution >= 0.6 is 0 Å². The SMILES string of the molecule is OCCOc1ccccc1CNC1CCC(c2ccc(O)cc2)CC1. The first kappa shape index (κ1) is 17.8. The molecule has 1 saturated carbocycles. The fourth-order valence-corrected chi connectivity index (χ4v) is 3.58. The number of para-hydroxylation sites is 1. The summed E-state index contributed by atoms with van der Waals surface area (Å²) in [5.41, 5.74) is 2.47. The minimum Gasteiger partial charge on any atom is -0.508 e. The smallest absolute Gasteiger partial charge is 0.123 e. The van der Waals surface area contributed by atoms with E-state index in [1.165, 1.54) is 18.4 Å². The van der Waals surface area contributed by atoms with E-state index in [9.17, 15) is 5.11 Å². The Hall–Kier alpha value is -2.04. The molecule has 0 amide bonds. The van der Waals surface area contributed by atoms with Crippen LogP contribution in [-0.2, 0) is 6.54 Å². The lowest BCUT2D eigenvalue weighted by atomic mass is 9.81. The zero-order chi connectivity index (χ0) is 17.5. The number of phenols is 1. The van der Waals surface area contributed by atoms with Crippen LogP contribution in [-0.4, -0.2) is 29.5 Å². The van der Waals surface area contributed by atoms with Crippen molar-refractivity contribution in [2.45, 2.75) is 44.2 Å². The van der Waals surface area contributed by atoms with Crippen LogP contribution < -0.4 is 10.1 Å². The second-order valence-electron chi connectivity index (χ2n) is 6.70. The Labute approximate surface area is 149 Å². The van der Waals surface area contributed by atoms with Crippen molar-refractivity contribution >= 4 is 0 Å². The number of hydrogen-bond acceptors (Lipinski definition) is 4. The molecule has 4 nitrogen and oxygen atoms in total. The van der Waals surface area contributed by atoms with E-state index in [2.05, 4.69) is 11.4 Å². The molecule has 3 N–H and O–H groups in total. The number of aliphatic hydroxyl groups is 1. The van der Waals surface area contributed by atoms with Gasteiger partial charge in [-0.05, 0) is 55.4 Å². The van der Waals surface area contributed by atoms with E-state index >= 15 is 0 Å². The molecule has 4 heteroatoms. The highest BCUT2D eigenvalue weighted by molar-refractivity contribution is 5.33. The molecule has 1 aliphatic carbocycles. The Morgan fingerprint density at radius 2 is 1.68 bits per heavy atom. The van der Waals surface area contributed by atoms with Crippen LogP contribution in [0.4, 0.5) is 0 Å². The van der Waals surface area contributed by atoms with Gasteiger partial charge in [0.15, 0.2) is 0 Å². The summed E-state index contributed by atoms with van der Waals surface area (Å²) in [5, 5.41) is 22.0. The summed E-state index contributed by atoms with van der Waals surface area (Å²) < 4.78 is 5.60. The zero-order valence-corrected chi connectivity index (χ0v) is 14.5. The van der Waals surface area contributed by atoms with Crippen molar-refractivity contribution in [1.82, 2.24) is 5.32 Å². The molecule has 0 heterocycles. The highest BCUT2D eigenvalue weighted by atomic mass is 16.5. The number of nitrogens with one attached hydrogen (secondary N) is 1. The molecule has 0 atom stereocenters. The molecule has 2 aromatic carbocycles. The highest BCUT2D eigenvalue weighted by Crippen LogP contribution is 2.33. The average Bonchev–Trinajstić information content (AvgIpc) is 2.66. The van der Waals surface area contributed by atoms with Crippen LogP contribution in [0.25, 0.3) is 0 Å². The third-order valence-corrected chi connectivity index (χ3v) is 4.99. The van der Waals surface area contributed by atoms with Crippen LogP contribution in [0, 0.1) is 0 Å². The molecule has 1 fully saturated rings. The summed E-state index contributed by atoms with van der Waals surface area (Å²) in [6.07, 6.45) is 4.66. The predicted molar refractivity (Wildman–Crippen MR) is 99.0 cm³/mol. The predicted octanol–water partition coefficient (Wildman–Crippen LogP) is 3.58. The van der Waals surface area contributed by atoms with Crippen molar-refractivity contribution in [1.29, 1.82) is 0 Å². The molecule has 0 unspecified atom stereocenters. The van der Waals surface area contributed by atoms with Crippen molar-refractivity contribution < 1.29 is 14.9 Å². The Morgan fingerprint density at radius 1 is 0.960 bits per heavy atom. The maximum absolute atomic E-state index is 9.42. The van der Waals surface area contributed by atoms with Gasteiger partial charge in [0, 0.05) is 18.2 Å². The van der Waals surface area contributed by atoms with Crippen molar-refractivity contribution in [2.24, 2.45) is 0 Å². The summed E-state index contributed by atoms with van der Waals surface area (Å²) in [5.74, 6) is 1.78. The van der Waals surface area contributed by atoms with Crippen LogP contribution in [0.3, 0.4) is 0 Å². The third-order valence-electron chi connectivity index (χ3n) is 4.99. The second-order valence-corrected chi connectivity index (χ2v) is 6.70. The molecule has 3 rings (SSSR count). The summed E-state index contributed by atoms with van der Waals surface area (Å²) in [4.78, 5) is 0. The Bertz CT molecular complexity index is 648. The van der Waals surface area contributed by atoms with Gasteiger partial charge < -0.3 is 20.3 Å². The maximum Gasteiger partial charge on any atom is 0.123 e. The molecule has 0 radical (unpaired) electrons. The maximum atomic E-state index is 9.42. The minimum absolute atomic E-state index is 0.0308. The standard InChI is InChI=1S/C21H27NO3/c23-13-14-25-21-4-2-1-3-18(21)15-22-19-9-5-16(6-10-19)17-7-11-20(24)12-8-17/h1-4,7-8,11-12,16,19,22-24H,5-6,9-10,13-15H2. The summed E-state index contributed by atoms with van der Waals surface area (Å²) in [6, 6.07) is 16.2. The van der Waals surface area contributed by atoms with E-state index in [0.717, 1.165) is 30.7 Å². The molecule has 0 aliphatic heterocycles. The van der Waals surface area contributed by atoms with Crippen molar-refractivity contribution in [2.75, 3.05) is 13.2 Å². The summed E-state index contributed by atoms with van der Waals surface area (Å²) in [7, 11) is 0. The van der Waals surface area contributed by atoms with Gasteiger partial charge in [-0.25, -0.2) is 0 Å². The van der Waals surface area contributed by atoms with E-state index in [-0.39, 0.29) is 6.61 Å². The second kappa shape index (κ2) is 8.88. The van der Waals surface area contributed by atoms with E-state index < -0.39 is 0 Å². The Kier molecular flexibility index (Phi) is 6.31. The van der Waals surface area contributed by atoms with Crippen molar-refractivity contribution in [3.8, 4) is 11.5 Å². The van der Waals surface area contributed by atoms with E-state index in [1.54, 1.807) is 12.1 Å². The number of benzene rings is 2. The van der Waals surface area contributed by atoms with Crippen molar-refractivity contribution in [3.05, 3.63) is 59.7 Å². The quantitative estimate of drug-likeness (QED) is 0.720. The van der Waals surface area contributed by atoms with E-state index in [0.29, 0.717) is 24.3 Å². The lowest BCUT2D eigenvalue weighted by molar-refractivity contribution is 0.200. The summed E-state index contributed by atoms with van der Waals surface area (Å²) >= 11 is 0. The highest BCUT2D eigenvalue weighted by Gasteiger charge is 2.22. The van der Waals surface area contributed by atoms with E-state index in [1.807, 2.05) is 30.3 Å². The number of aliphatic hydroxyl groups excluding tert-OH is 1. The van der Waals surface area contributed by atoms with Gasteiger partial charge in [0.05, 0.1) is 6.61 Å². The van der Waals surface area contributed by atoms with Crippen LogP contribution in [0.1, 0.15) is 42.7 Å². The van der Waals surface area contributed by atoms with Gasteiger partial charge >= 0.3 is 0 Å². The average molecular weight is 341 g/mol. The summed E-state index contributed by atoms with van der Waals surface area (Å²) in [6.45, 7) is 1.15. The molecule has 134 valence electrons. The Morgan fingerprint density at radius 3 is 2.40 bits per heavy atom. The monoisotopic (exact) mass is 341 g/mol. The lowest BCUT2D eigenvalue weighted by Gasteiger charge is -2.29. The lowest BCUT2D eigenvalue weighted by Crippen LogP contribution is -2.32. The van der Waals surface area contributed by atoms with Gasteiger partial charge in [-0.2, -0.15) is 0 Å². The molecule has 0 saturated heterocycles. The minimum atomic E-state index is 0.0308. The van der Waals surface area contributed by atoms with Crippen LogP contribution in [0.15, 0.2) is 48.5 Å². The molecule has 0 aromatic heterocycles. The van der Waals surface area contributed by atoms with E-state index in [4.69, 9.17) is 9.84 Å². The molecular weight excluding hydrogens is 314 g/mol. The fourth-order valence-electron chi connectivity index (χ4n) is 3.58. The molecule has 2 aromatic rings. The van der Waals surface area contributed by atoms with Crippen LogP contribution in [0.2, 0.25) is 0 Å². The zero-order valence-electron chi connectivity index (χ0n) is 14.5. The van der Waals surface area contributed by atoms with Gasteiger partial charge in [-0.3, -0.25) is 0 Å². The normalized spacial score (nSPS) is 20.4.